The van der Waals surface area contributed by atoms with E-state index in [0.717, 1.165) is 4.31 Å². The van der Waals surface area contributed by atoms with Gasteiger partial charge in [0.15, 0.2) is 0 Å². The van der Waals surface area contributed by atoms with E-state index in [1.54, 1.807) is 18.3 Å². The predicted octanol–water partition coefficient (Wildman–Crippen LogP) is -0.225. The number of aliphatic hydroxyl groups is 1. The molecule has 1 aromatic rings. The molecule has 1 fully saturated rings. The predicted molar refractivity (Wildman–Crippen MR) is 92.1 cm³/mol. The molecule has 8 nitrogen and oxygen atoms in total. The molecule has 10 heteroatoms. The first-order chi connectivity index (χ1) is 11.3. The lowest BCUT2D eigenvalue weighted by molar-refractivity contribution is 0.0361. The van der Waals surface area contributed by atoms with E-state index >= 15 is 0 Å². The molecule has 24 heavy (non-hydrogen) atoms. The van der Waals surface area contributed by atoms with Gasteiger partial charge < -0.3 is 10.0 Å². The fourth-order valence-corrected chi connectivity index (χ4v) is 3.85. The van der Waals surface area contributed by atoms with E-state index in [0.29, 0.717) is 23.6 Å². The van der Waals surface area contributed by atoms with Crippen molar-refractivity contribution >= 4 is 27.9 Å². The van der Waals surface area contributed by atoms with Gasteiger partial charge in [0.2, 0.25) is 0 Å². The zero-order chi connectivity index (χ0) is 17.9. The Bertz CT molecular complexity index is 696. The van der Waals surface area contributed by atoms with Crippen LogP contribution in [0.15, 0.2) is 23.4 Å². The van der Waals surface area contributed by atoms with Crippen molar-refractivity contribution in [2.75, 3.05) is 33.4 Å². The lowest BCUT2D eigenvalue weighted by Gasteiger charge is -2.36. The number of carbonyl (C=O) groups is 1. The summed E-state index contributed by atoms with van der Waals surface area (Å²) in [5.74, 6) is -0.208. The summed E-state index contributed by atoms with van der Waals surface area (Å²) in [4.78, 5) is 18.3. The number of hydrogen-bond donors (Lipinski definition) is 2. The second-order valence-electron chi connectivity index (χ2n) is 5.68. The molecule has 1 aliphatic heterocycles. The van der Waals surface area contributed by atoms with E-state index in [1.807, 2.05) is 6.26 Å². The molecule has 0 radical (unpaired) electrons. The SMILES string of the molecule is CSc1ncccc1C(=O)N1CC[C@@H](NS(=O)(=O)N(C)C)[C@H](O)C1. The fourth-order valence-electron chi connectivity index (χ4n) is 2.44. The highest BCUT2D eigenvalue weighted by Gasteiger charge is 2.34. The van der Waals surface area contributed by atoms with Crippen molar-refractivity contribution in [1.82, 2.24) is 18.9 Å². The molecular formula is C14H22N4O4S2. The number of β-amino-alcohol motifs (C(OH)–C–C–N with tert-alkyl or cyclic N) is 1. The number of piperidine rings is 1. The van der Waals surface area contributed by atoms with Crippen LogP contribution in [-0.2, 0) is 10.2 Å². The maximum absolute atomic E-state index is 12.6. The number of aliphatic hydroxyl groups excluding tert-OH is 1. The van der Waals surface area contributed by atoms with Crippen molar-refractivity contribution in [3.63, 3.8) is 0 Å². The van der Waals surface area contributed by atoms with Crippen LogP contribution in [0.4, 0.5) is 0 Å². The standard InChI is InChI=1S/C14H22N4O4S2/c1-17(2)24(21,22)16-11-6-8-18(9-12(11)19)14(20)10-5-4-7-15-13(10)23-3/h4-5,7,11-12,16,19H,6,8-9H2,1-3H3/t11-,12-/m1/s1. The summed E-state index contributed by atoms with van der Waals surface area (Å²) in [6, 6.07) is 2.78. The van der Waals surface area contributed by atoms with Crippen LogP contribution < -0.4 is 4.72 Å². The summed E-state index contributed by atoms with van der Waals surface area (Å²) in [5.41, 5.74) is 0.490. The van der Waals surface area contributed by atoms with E-state index in [-0.39, 0.29) is 12.5 Å². The second kappa shape index (κ2) is 7.79. The molecule has 0 saturated carbocycles. The van der Waals surface area contributed by atoms with Crippen LogP contribution in [0.2, 0.25) is 0 Å². The van der Waals surface area contributed by atoms with Crippen molar-refractivity contribution in [3.8, 4) is 0 Å². The average molecular weight is 374 g/mol. The summed E-state index contributed by atoms with van der Waals surface area (Å²) in [7, 11) is -0.792. The Labute approximate surface area is 146 Å². The first kappa shape index (κ1) is 19.1. The average Bonchev–Trinajstić information content (AvgIpc) is 2.55. The van der Waals surface area contributed by atoms with Crippen molar-refractivity contribution in [3.05, 3.63) is 23.9 Å². The number of carbonyl (C=O) groups excluding carboxylic acids is 1. The number of nitrogens with one attached hydrogen (secondary N) is 1. The number of thioether (sulfide) groups is 1. The molecule has 1 saturated heterocycles. The first-order valence-electron chi connectivity index (χ1n) is 7.42. The summed E-state index contributed by atoms with van der Waals surface area (Å²) >= 11 is 1.38. The highest BCUT2D eigenvalue weighted by Crippen LogP contribution is 2.21. The summed E-state index contributed by atoms with van der Waals surface area (Å²) in [6.07, 6.45) is 2.84. The monoisotopic (exact) mass is 374 g/mol. The highest BCUT2D eigenvalue weighted by atomic mass is 32.2. The topological polar surface area (TPSA) is 103 Å². The van der Waals surface area contributed by atoms with Gasteiger partial charge in [0.1, 0.15) is 5.03 Å². The van der Waals surface area contributed by atoms with Gasteiger partial charge in [-0.3, -0.25) is 4.79 Å². The molecule has 0 unspecified atom stereocenters. The molecule has 1 aromatic heterocycles. The van der Waals surface area contributed by atoms with E-state index in [9.17, 15) is 18.3 Å². The molecule has 0 aliphatic carbocycles. The van der Waals surface area contributed by atoms with Crippen LogP contribution in [0.25, 0.3) is 0 Å². The first-order valence-corrected chi connectivity index (χ1v) is 10.1. The van der Waals surface area contributed by atoms with Crippen molar-refractivity contribution in [2.24, 2.45) is 0 Å². The lowest BCUT2D eigenvalue weighted by Crippen LogP contribution is -2.56. The third-order valence-corrected chi connectivity index (χ3v) is 6.12. The summed E-state index contributed by atoms with van der Waals surface area (Å²) in [5, 5.41) is 10.9. The van der Waals surface area contributed by atoms with Gasteiger partial charge in [-0.2, -0.15) is 17.4 Å². The van der Waals surface area contributed by atoms with Crippen LogP contribution >= 0.6 is 11.8 Å². The molecule has 1 aliphatic rings. The minimum Gasteiger partial charge on any atom is -0.390 e. The van der Waals surface area contributed by atoms with Gasteiger partial charge in [0.25, 0.3) is 16.1 Å². The Kier molecular flexibility index (Phi) is 6.21. The minimum absolute atomic E-state index is 0.0716. The van der Waals surface area contributed by atoms with E-state index in [2.05, 4.69) is 9.71 Å². The van der Waals surface area contributed by atoms with Crippen LogP contribution in [0.1, 0.15) is 16.8 Å². The largest absolute Gasteiger partial charge is 0.390 e. The smallest absolute Gasteiger partial charge is 0.279 e. The van der Waals surface area contributed by atoms with Crippen molar-refractivity contribution in [1.29, 1.82) is 0 Å². The van der Waals surface area contributed by atoms with Crippen LogP contribution in [-0.4, -0.2) is 79.2 Å². The van der Waals surface area contributed by atoms with E-state index in [4.69, 9.17) is 0 Å². The van der Waals surface area contributed by atoms with E-state index in [1.165, 1.54) is 30.8 Å². The number of hydrogen-bond acceptors (Lipinski definition) is 6. The Morgan fingerprint density at radius 2 is 2.21 bits per heavy atom. The summed E-state index contributed by atoms with van der Waals surface area (Å²) in [6.45, 7) is 0.432. The van der Waals surface area contributed by atoms with Crippen molar-refractivity contribution < 1.29 is 18.3 Å². The van der Waals surface area contributed by atoms with Crippen LogP contribution in [0.5, 0.6) is 0 Å². The van der Waals surface area contributed by atoms with Gasteiger partial charge in [-0.25, -0.2) is 4.98 Å². The molecule has 2 heterocycles. The van der Waals surface area contributed by atoms with Crippen LogP contribution in [0, 0.1) is 0 Å². The van der Waals surface area contributed by atoms with E-state index < -0.39 is 22.4 Å². The Balaban J connectivity index is 2.06. The molecular weight excluding hydrogens is 352 g/mol. The molecule has 2 rings (SSSR count). The number of aromatic nitrogens is 1. The number of likely N-dealkylation sites (tertiary alicyclic amines) is 1. The normalized spacial score (nSPS) is 22.0. The Hall–Kier alpha value is -1.20. The Morgan fingerprint density at radius 3 is 2.79 bits per heavy atom. The van der Waals surface area contributed by atoms with Crippen molar-refractivity contribution in [2.45, 2.75) is 23.6 Å². The minimum atomic E-state index is -3.62. The van der Waals surface area contributed by atoms with Gasteiger partial charge in [-0.05, 0) is 24.8 Å². The maximum atomic E-state index is 12.6. The number of nitrogens with zero attached hydrogens (tertiary/aromatic N) is 3. The summed E-state index contributed by atoms with van der Waals surface area (Å²) < 4.78 is 27.3. The maximum Gasteiger partial charge on any atom is 0.279 e. The molecule has 0 spiro atoms. The third kappa shape index (κ3) is 4.25. The van der Waals surface area contributed by atoms with Gasteiger partial charge >= 0.3 is 0 Å². The van der Waals surface area contributed by atoms with Gasteiger partial charge in [-0.15, -0.1) is 11.8 Å². The molecule has 134 valence electrons. The molecule has 0 aromatic carbocycles. The molecule has 2 atom stereocenters. The van der Waals surface area contributed by atoms with Crippen LogP contribution in [0.3, 0.4) is 0 Å². The number of amides is 1. The number of rotatable bonds is 5. The zero-order valence-electron chi connectivity index (χ0n) is 13.8. The van der Waals surface area contributed by atoms with Gasteiger partial charge in [-0.1, -0.05) is 0 Å². The highest BCUT2D eigenvalue weighted by molar-refractivity contribution is 7.98. The third-order valence-electron chi connectivity index (χ3n) is 3.85. The zero-order valence-corrected chi connectivity index (χ0v) is 15.5. The van der Waals surface area contributed by atoms with Gasteiger partial charge in [0, 0.05) is 33.4 Å². The van der Waals surface area contributed by atoms with Gasteiger partial charge in [0.05, 0.1) is 17.7 Å². The quantitative estimate of drug-likeness (QED) is 0.691. The second-order valence-corrected chi connectivity index (χ2v) is 8.39. The fraction of sp³-hybridized carbons (Fsp3) is 0.571. The molecule has 0 bridgehead atoms. The molecule has 2 N–H and O–H groups in total. The molecule has 1 amide bonds. The Morgan fingerprint density at radius 1 is 1.50 bits per heavy atom. The number of pyridine rings is 1. The lowest BCUT2D eigenvalue weighted by atomic mass is 10.0.